The number of fused-ring (bicyclic) bond motifs is 2. The van der Waals surface area contributed by atoms with Crippen LogP contribution < -0.4 is 0 Å². The molecule has 5 aliphatic heterocycles. The zero-order chi connectivity index (χ0) is 35.3. The molecule has 272 valence electrons. The van der Waals surface area contributed by atoms with Crippen LogP contribution in [0.4, 0.5) is 0 Å². The molecule has 0 unspecified atom stereocenters. The van der Waals surface area contributed by atoms with Gasteiger partial charge in [-0.05, 0) is 44.5 Å². The fraction of sp³-hybridized carbons (Fsp3) is 0.588. The molecule has 0 saturated carbocycles. The van der Waals surface area contributed by atoms with Crippen LogP contribution in [0.1, 0.15) is 31.4 Å². The van der Waals surface area contributed by atoms with E-state index in [-0.39, 0.29) is 59.9 Å². The summed E-state index contributed by atoms with van der Waals surface area (Å²) in [6.07, 6.45) is 0.846. The predicted octanol–water partition coefficient (Wildman–Crippen LogP) is 2.44. The van der Waals surface area contributed by atoms with Crippen molar-refractivity contribution >= 4 is 20.2 Å². The Balaban J connectivity index is 0.000000154. The zero-order valence-electron chi connectivity index (χ0n) is 28.0. The third-order valence-corrected chi connectivity index (χ3v) is 11.6. The highest BCUT2D eigenvalue weighted by Crippen LogP contribution is 2.34. The van der Waals surface area contributed by atoms with Crippen molar-refractivity contribution < 1.29 is 59.1 Å². The standard InChI is InChI=1S/C14H18O5S.C13H16O6S.C7H12O2/c1-9-3-5-11(6-4-9)20(15,16)19-12-8-18-13-10(2)7-17-14(12)13;1-8-2-4-9(5-3-8)20(15,16)19-11-7-18-12-10(14)6-17-13(11)12;1-2-6(8)7-4-3-5-9-7/h3-6,10,12-14H,7-8H2,1-2H3;2-5,10-14H,6-7H2,1H3;3-4,6-8H,2,5H2,1H3/t10-,12-,13-,14-;10-,11-,12-,13-;6-,7-/m110/s1. The highest BCUT2D eigenvalue weighted by atomic mass is 32.2. The van der Waals surface area contributed by atoms with Crippen molar-refractivity contribution in [2.75, 3.05) is 33.0 Å². The fourth-order valence-corrected chi connectivity index (χ4v) is 8.14. The van der Waals surface area contributed by atoms with E-state index in [1.165, 1.54) is 12.1 Å². The molecule has 7 rings (SSSR count). The average Bonchev–Trinajstić information content (AvgIpc) is 3.91. The molecule has 4 saturated heterocycles. The molecule has 0 amide bonds. The van der Waals surface area contributed by atoms with Crippen LogP contribution in [0.3, 0.4) is 0 Å². The van der Waals surface area contributed by atoms with Gasteiger partial charge in [-0.15, -0.1) is 0 Å². The van der Waals surface area contributed by atoms with Gasteiger partial charge < -0.3 is 33.9 Å². The minimum absolute atomic E-state index is 0.0463. The minimum atomic E-state index is -3.86. The summed E-state index contributed by atoms with van der Waals surface area (Å²) in [6.45, 7) is 9.48. The van der Waals surface area contributed by atoms with Crippen LogP contribution in [0.25, 0.3) is 0 Å². The Morgan fingerprint density at radius 2 is 1.18 bits per heavy atom. The summed E-state index contributed by atoms with van der Waals surface area (Å²) < 4.78 is 86.3. The highest BCUT2D eigenvalue weighted by Gasteiger charge is 2.50. The maximum atomic E-state index is 12.2. The molecule has 0 bridgehead atoms. The normalized spacial score (nSPS) is 32.5. The third-order valence-electron chi connectivity index (χ3n) is 8.87. The molecule has 0 aliphatic carbocycles. The number of benzene rings is 2. The van der Waals surface area contributed by atoms with Gasteiger partial charge in [-0.3, -0.25) is 8.37 Å². The second kappa shape index (κ2) is 16.4. The second-order valence-electron chi connectivity index (χ2n) is 12.7. The van der Waals surface area contributed by atoms with Crippen LogP contribution in [-0.4, -0.2) is 115 Å². The number of hydrogen-bond acceptors (Lipinski definition) is 13. The van der Waals surface area contributed by atoms with E-state index in [2.05, 4.69) is 0 Å². The van der Waals surface area contributed by atoms with E-state index in [4.69, 9.17) is 32.1 Å². The number of ether oxygens (including phenoxy) is 5. The summed E-state index contributed by atoms with van der Waals surface area (Å²) in [7, 11) is -7.63. The first-order chi connectivity index (χ1) is 23.3. The van der Waals surface area contributed by atoms with Gasteiger partial charge in [0, 0.05) is 5.92 Å². The maximum Gasteiger partial charge on any atom is 0.297 e. The van der Waals surface area contributed by atoms with E-state index in [0.29, 0.717) is 13.2 Å². The lowest BCUT2D eigenvalue weighted by Crippen LogP contribution is -2.34. The molecule has 15 heteroatoms. The van der Waals surface area contributed by atoms with Gasteiger partial charge in [0.05, 0.1) is 55.0 Å². The Morgan fingerprint density at radius 3 is 1.67 bits per heavy atom. The van der Waals surface area contributed by atoms with Gasteiger partial charge in [0.15, 0.2) is 0 Å². The Morgan fingerprint density at radius 1 is 0.714 bits per heavy atom. The molecule has 2 N–H and O–H groups in total. The summed E-state index contributed by atoms with van der Waals surface area (Å²) in [5, 5.41) is 18.8. The SMILES string of the molecule is CC[C@H](O)[C@@H]1C=CCO1.Cc1ccc(S(=O)(=O)O[C@@H]2CO[C@H]3[C@@H]2OC[C@H]3C)cc1.Cc1ccc(S(=O)(=O)O[C@@H]2CO[C@H]3[C@@H]2OC[C@H]3O)cc1. The lowest BCUT2D eigenvalue weighted by molar-refractivity contribution is 0.00979. The summed E-state index contributed by atoms with van der Waals surface area (Å²) >= 11 is 0. The number of aliphatic hydroxyl groups excluding tert-OH is 2. The molecule has 13 nitrogen and oxygen atoms in total. The summed E-state index contributed by atoms with van der Waals surface area (Å²) in [5.74, 6) is 0.274. The quantitative estimate of drug-likeness (QED) is 0.300. The lowest BCUT2D eigenvalue weighted by atomic mass is 10.0. The molecule has 5 aliphatic rings. The van der Waals surface area contributed by atoms with Crippen LogP contribution >= 0.6 is 0 Å². The van der Waals surface area contributed by atoms with Crippen molar-refractivity contribution in [1.29, 1.82) is 0 Å². The minimum Gasteiger partial charge on any atom is -0.390 e. The van der Waals surface area contributed by atoms with Crippen molar-refractivity contribution in [3.05, 3.63) is 71.8 Å². The van der Waals surface area contributed by atoms with E-state index in [1.807, 2.05) is 39.8 Å². The van der Waals surface area contributed by atoms with E-state index >= 15 is 0 Å². The average molecular weight is 727 g/mol. The van der Waals surface area contributed by atoms with Crippen molar-refractivity contribution in [2.45, 2.75) is 98.8 Å². The van der Waals surface area contributed by atoms with Gasteiger partial charge in [0.1, 0.15) is 42.7 Å². The van der Waals surface area contributed by atoms with Gasteiger partial charge in [-0.2, -0.15) is 16.8 Å². The molecule has 0 spiro atoms. The Hall–Kier alpha value is -2.28. The molecule has 4 fully saturated rings. The molecule has 10 atom stereocenters. The fourth-order valence-electron chi connectivity index (χ4n) is 5.99. The van der Waals surface area contributed by atoms with Crippen molar-refractivity contribution in [3.63, 3.8) is 0 Å². The van der Waals surface area contributed by atoms with Crippen LogP contribution in [0.2, 0.25) is 0 Å². The molecule has 49 heavy (non-hydrogen) atoms. The van der Waals surface area contributed by atoms with Crippen LogP contribution in [0.15, 0.2) is 70.5 Å². The Kier molecular flexibility index (Phi) is 12.7. The lowest BCUT2D eigenvalue weighted by Gasteiger charge is -2.16. The van der Waals surface area contributed by atoms with Crippen molar-refractivity contribution in [3.8, 4) is 0 Å². The first kappa shape index (κ1) is 38.0. The van der Waals surface area contributed by atoms with Gasteiger partial charge in [-0.1, -0.05) is 61.4 Å². The number of aliphatic hydroxyl groups is 2. The maximum absolute atomic E-state index is 12.2. The Bertz CT molecular complexity index is 1500. The zero-order valence-corrected chi connectivity index (χ0v) is 29.6. The predicted molar refractivity (Wildman–Crippen MR) is 176 cm³/mol. The first-order valence-electron chi connectivity index (χ1n) is 16.4. The monoisotopic (exact) mass is 726 g/mol. The van der Waals surface area contributed by atoms with Crippen molar-refractivity contribution in [2.24, 2.45) is 5.92 Å². The molecular weight excluding hydrogens is 680 g/mol. The molecule has 0 aromatic heterocycles. The molecule has 2 aromatic carbocycles. The molecule has 2 aromatic rings. The van der Waals surface area contributed by atoms with Crippen LogP contribution in [0.5, 0.6) is 0 Å². The van der Waals surface area contributed by atoms with Gasteiger partial charge in [0.2, 0.25) is 0 Å². The second-order valence-corrected chi connectivity index (χ2v) is 15.9. The first-order valence-corrected chi connectivity index (χ1v) is 19.2. The van der Waals surface area contributed by atoms with E-state index in [0.717, 1.165) is 17.5 Å². The van der Waals surface area contributed by atoms with E-state index < -0.39 is 50.8 Å². The summed E-state index contributed by atoms with van der Waals surface area (Å²) in [5.41, 5.74) is 1.97. The van der Waals surface area contributed by atoms with Crippen LogP contribution in [-0.2, 0) is 52.3 Å². The molecular formula is C34H46O13S2. The van der Waals surface area contributed by atoms with Gasteiger partial charge in [-0.25, -0.2) is 0 Å². The van der Waals surface area contributed by atoms with Gasteiger partial charge >= 0.3 is 0 Å². The number of hydrogen-bond donors (Lipinski definition) is 2. The summed E-state index contributed by atoms with van der Waals surface area (Å²) in [6, 6.07) is 13.0. The largest absolute Gasteiger partial charge is 0.390 e. The van der Waals surface area contributed by atoms with Gasteiger partial charge in [0.25, 0.3) is 20.2 Å². The highest BCUT2D eigenvalue weighted by molar-refractivity contribution is 7.87. The van der Waals surface area contributed by atoms with Crippen LogP contribution in [0, 0.1) is 19.8 Å². The number of aryl methyl sites for hydroxylation is 2. The smallest absolute Gasteiger partial charge is 0.297 e. The topological polar surface area (TPSA) is 173 Å². The molecule has 5 heterocycles. The summed E-state index contributed by atoms with van der Waals surface area (Å²) in [4.78, 5) is 0.266. The third kappa shape index (κ3) is 9.34. The van der Waals surface area contributed by atoms with E-state index in [9.17, 15) is 27.0 Å². The van der Waals surface area contributed by atoms with Crippen molar-refractivity contribution in [1.82, 2.24) is 0 Å². The van der Waals surface area contributed by atoms with E-state index in [1.54, 1.807) is 36.4 Å². The number of rotatable bonds is 8. The molecule has 0 radical (unpaired) electrons. The Labute approximate surface area is 288 Å².